The molecule has 90 valence electrons. The minimum Gasteiger partial charge on any atom is -0.360 e. The molecule has 2 aliphatic heterocycles. The summed E-state index contributed by atoms with van der Waals surface area (Å²) >= 11 is 0. The maximum Gasteiger partial charge on any atom is 0.220 e. The smallest absolute Gasteiger partial charge is 0.220 e. The van der Waals surface area contributed by atoms with Crippen LogP contribution in [0, 0.1) is 11.3 Å². The van der Waals surface area contributed by atoms with Gasteiger partial charge < -0.3 is 10.2 Å². The second-order valence-corrected chi connectivity index (χ2v) is 4.90. The molecule has 4 heteroatoms. The normalized spacial score (nSPS) is 29.6. The van der Waals surface area contributed by atoms with E-state index < -0.39 is 0 Å². The van der Waals surface area contributed by atoms with Crippen molar-refractivity contribution < 1.29 is 4.79 Å². The van der Waals surface area contributed by atoms with E-state index in [0.717, 1.165) is 44.6 Å². The van der Waals surface area contributed by atoms with Crippen LogP contribution in [0.4, 0.5) is 0 Å². The fourth-order valence-electron chi connectivity index (χ4n) is 2.75. The average molecular weight is 223 g/mol. The lowest BCUT2D eigenvalue weighted by Gasteiger charge is -2.42. The number of rotatable bonds is 2. The number of carbonyl (C=O) groups excluding carboxylic acids is 1. The molecule has 4 nitrogen and oxygen atoms in total. The summed E-state index contributed by atoms with van der Waals surface area (Å²) in [5.74, 6) is 1.54. The third-order valence-corrected chi connectivity index (χ3v) is 3.69. The number of hydrogen-bond donors (Lipinski definition) is 2. The molecule has 0 spiro atoms. The summed E-state index contributed by atoms with van der Waals surface area (Å²) < 4.78 is 0. The molecular weight excluding hydrogens is 202 g/mol. The van der Waals surface area contributed by atoms with Gasteiger partial charge in [0, 0.05) is 32.0 Å². The number of carbonyl (C=O) groups is 1. The van der Waals surface area contributed by atoms with E-state index >= 15 is 0 Å². The van der Waals surface area contributed by atoms with Gasteiger partial charge in [-0.3, -0.25) is 10.2 Å². The molecule has 0 aromatic rings. The lowest BCUT2D eigenvalue weighted by atomic mass is 9.85. The lowest BCUT2D eigenvalue weighted by Crippen LogP contribution is -2.54. The first-order chi connectivity index (χ1) is 7.70. The number of amidine groups is 1. The lowest BCUT2D eigenvalue weighted by molar-refractivity contribution is -0.125. The van der Waals surface area contributed by atoms with Gasteiger partial charge >= 0.3 is 0 Å². The molecule has 0 aliphatic carbocycles. The van der Waals surface area contributed by atoms with Crippen molar-refractivity contribution in [2.45, 2.75) is 45.1 Å². The van der Waals surface area contributed by atoms with E-state index in [1.807, 2.05) is 0 Å². The van der Waals surface area contributed by atoms with Gasteiger partial charge in [-0.2, -0.15) is 0 Å². The van der Waals surface area contributed by atoms with Crippen LogP contribution in [0.5, 0.6) is 0 Å². The summed E-state index contributed by atoms with van der Waals surface area (Å²) in [6.45, 7) is 4.01. The summed E-state index contributed by atoms with van der Waals surface area (Å²) in [4.78, 5) is 13.5. The highest BCUT2D eigenvalue weighted by Gasteiger charge is 2.34. The quantitative estimate of drug-likeness (QED) is 0.548. The number of nitrogens with zero attached hydrogens (tertiary/aromatic N) is 1. The predicted octanol–water partition coefficient (Wildman–Crippen LogP) is 1.36. The van der Waals surface area contributed by atoms with E-state index in [4.69, 9.17) is 5.41 Å². The molecule has 0 aromatic carbocycles. The van der Waals surface area contributed by atoms with E-state index in [9.17, 15) is 4.79 Å². The molecule has 2 unspecified atom stereocenters. The van der Waals surface area contributed by atoms with Gasteiger partial charge in [0.25, 0.3) is 0 Å². The predicted molar refractivity (Wildman–Crippen MR) is 63.5 cm³/mol. The molecule has 2 N–H and O–H groups in total. The SMILES string of the molecule is CCCC(=N)N1CCC2NC(=O)CCC2C1. The summed E-state index contributed by atoms with van der Waals surface area (Å²) in [5.41, 5.74) is 0. The van der Waals surface area contributed by atoms with Crippen LogP contribution in [0.1, 0.15) is 39.0 Å². The highest BCUT2D eigenvalue weighted by atomic mass is 16.1. The van der Waals surface area contributed by atoms with E-state index in [0.29, 0.717) is 18.4 Å². The Morgan fingerprint density at radius 2 is 2.38 bits per heavy atom. The van der Waals surface area contributed by atoms with Gasteiger partial charge in [-0.1, -0.05) is 6.92 Å². The Kier molecular flexibility index (Phi) is 3.46. The third kappa shape index (κ3) is 2.36. The van der Waals surface area contributed by atoms with Gasteiger partial charge in [-0.25, -0.2) is 0 Å². The largest absolute Gasteiger partial charge is 0.360 e. The van der Waals surface area contributed by atoms with E-state index in [1.54, 1.807) is 0 Å². The van der Waals surface area contributed by atoms with Crippen LogP contribution in [0.3, 0.4) is 0 Å². The van der Waals surface area contributed by atoms with Gasteiger partial charge in [0.15, 0.2) is 0 Å². The topological polar surface area (TPSA) is 56.2 Å². The molecule has 0 aromatic heterocycles. The maximum atomic E-state index is 11.3. The first-order valence-corrected chi connectivity index (χ1v) is 6.32. The Bertz CT molecular complexity index is 290. The molecule has 2 atom stereocenters. The Hall–Kier alpha value is -1.06. The Morgan fingerprint density at radius 3 is 3.12 bits per heavy atom. The average Bonchev–Trinajstić information content (AvgIpc) is 2.28. The minimum atomic E-state index is 0.207. The Morgan fingerprint density at radius 1 is 1.56 bits per heavy atom. The van der Waals surface area contributed by atoms with Crippen LogP contribution in [-0.4, -0.2) is 35.8 Å². The summed E-state index contributed by atoms with van der Waals surface area (Å²) in [6.07, 6.45) is 4.58. The number of fused-ring (bicyclic) bond motifs is 1. The molecule has 2 saturated heterocycles. The molecule has 2 heterocycles. The fourth-order valence-corrected chi connectivity index (χ4v) is 2.75. The molecule has 2 aliphatic rings. The van der Waals surface area contributed by atoms with Crippen LogP contribution in [0.2, 0.25) is 0 Å². The molecule has 2 fully saturated rings. The number of nitrogens with one attached hydrogen (secondary N) is 2. The van der Waals surface area contributed by atoms with Crippen molar-refractivity contribution in [3.05, 3.63) is 0 Å². The van der Waals surface area contributed by atoms with Gasteiger partial charge in [0.05, 0.1) is 5.84 Å². The number of likely N-dealkylation sites (tertiary alicyclic amines) is 1. The van der Waals surface area contributed by atoms with Crippen LogP contribution < -0.4 is 5.32 Å². The van der Waals surface area contributed by atoms with Crippen molar-refractivity contribution in [1.82, 2.24) is 10.2 Å². The molecule has 2 rings (SSSR count). The number of amides is 1. The van der Waals surface area contributed by atoms with Gasteiger partial charge in [0.2, 0.25) is 5.91 Å². The van der Waals surface area contributed by atoms with Crippen LogP contribution >= 0.6 is 0 Å². The summed E-state index contributed by atoms with van der Waals surface area (Å²) in [7, 11) is 0. The Balaban J connectivity index is 1.90. The van der Waals surface area contributed by atoms with Crippen molar-refractivity contribution in [2.24, 2.45) is 5.92 Å². The first kappa shape index (κ1) is 11.4. The number of hydrogen-bond acceptors (Lipinski definition) is 2. The summed E-state index contributed by atoms with van der Waals surface area (Å²) in [6, 6.07) is 0.368. The molecule has 0 saturated carbocycles. The van der Waals surface area contributed by atoms with Crippen LogP contribution in [0.25, 0.3) is 0 Å². The van der Waals surface area contributed by atoms with Crippen molar-refractivity contribution in [3.63, 3.8) is 0 Å². The highest BCUT2D eigenvalue weighted by Crippen LogP contribution is 2.25. The molecule has 16 heavy (non-hydrogen) atoms. The maximum absolute atomic E-state index is 11.3. The van der Waals surface area contributed by atoms with Gasteiger partial charge in [-0.15, -0.1) is 0 Å². The van der Waals surface area contributed by atoms with Gasteiger partial charge in [-0.05, 0) is 25.2 Å². The third-order valence-electron chi connectivity index (χ3n) is 3.69. The van der Waals surface area contributed by atoms with E-state index in [2.05, 4.69) is 17.1 Å². The van der Waals surface area contributed by atoms with Crippen molar-refractivity contribution in [1.29, 1.82) is 5.41 Å². The fraction of sp³-hybridized carbons (Fsp3) is 0.833. The van der Waals surface area contributed by atoms with Crippen LogP contribution in [-0.2, 0) is 4.79 Å². The standard InChI is InChI=1S/C12H21N3O/c1-2-3-11(13)15-7-6-10-9(8-15)4-5-12(16)14-10/h9-10,13H,2-8H2,1H3,(H,14,16). The number of piperidine rings is 2. The molecule has 0 bridgehead atoms. The van der Waals surface area contributed by atoms with Gasteiger partial charge in [0.1, 0.15) is 0 Å². The second-order valence-electron chi connectivity index (χ2n) is 4.90. The second kappa shape index (κ2) is 4.85. The zero-order valence-corrected chi connectivity index (χ0v) is 9.96. The zero-order chi connectivity index (χ0) is 11.5. The van der Waals surface area contributed by atoms with E-state index in [-0.39, 0.29) is 5.91 Å². The minimum absolute atomic E-state index is 0.207. The van der Waals surface area contributed by atoms with Crippen molar-refractivity contribution >= 4 is 11.7 Å². The zero-order valence-electron chi connectivity index (χ0n) is 9.96. The Labute approximate surface area is 96.9 Å². The molecule has 0 radical (unpaired) electrons. The van der Waals surface area contributed by atoms with E-state index in [1.165, 1.54) is 0 Å². The molecular formula is C12H21N3O. The van der Waals surface area contributed by atoms with Crippen molar-refractivity contribution in [3.8, 4) is 0 Å². The van der Waals surface area contributed by atoms with Crippen molar-refractivity contribution in [2.75, 3.05) is 13.1 Å². The summed E-state index contributed by atoms with van der Waals surface area (Å²) in [5, 5.41) is 11.0. The van der Waals surface area contributed by atoms with Crippen LogP contribution in [0.15, 0.2) is 0 Å². The monoisotopic (exact) mass is 223 g/mol. The first-order valence-electron chi connectivity index (χ1n) is 6.32. The highest BCUT2D eigenvalue weighted by molar-refractivity contribution is 5.80. The molecule has 1 amide bonds.